The minimum absolute atomic E-state index is 0.0595. The number of halogens is 6. The number of hydrogen-bond acceptors (Lipinski definition) is 1. The van der Waals surface area contributed by atoms with Crippen LogP contribution in [0.5, 0.6) is 0 Å². The Bertz CT molecular complexity index is 100. The Morgan fingerprint density at radius 2 is 1.60 bits per heavy atom. The maximum absolute atomic E-state index is 5.56. The van der Waals surface area contributed by atoms with Crippen LogP contribution < -0.4 is 0 Å². The van der Waals surface area contributed by atoms with Crippen molar-refractivity contribution >= 4 is 80.7 Å². The van der Waals surface area contributed by atoms with Crippen LogP contribution in [-0.4, -0.2) is 24.0 Å². The van der Waals surface area contributed by atoms with Gasteiger partial charge in [0.15, 0.2) is 0 Å². The van der Waals surface area contributed by atoms with Gasteiger partial charge in [0.05, 0.1) is 6.00 Å². The first kappa shape index (κ1) is 12.1. The van der Waals surface area contributed by atoms with E-state index in [1.54, 1.807) is 0 Å². The quantitative estimate of drug-likeness (QED) is 0.335. The predicted molar refractivity (Wildman–Crippen MR) is 53.3 cm³/mol. The van der Waals surface area contributed by atoms with Crippen molar-refractivity contribution in [1.82, 2.24) is 4.23 Å². The summed E-state index contributed by atoms with van der Waals surface area (Å²) in [6.45, 7) is 0. The Kier molecular flexibility index (Phi) is 6.06. The summed E-state index contributed by atoms with van der Waals surface area (Å²) in [6.07, 6.45) is -2.95. The number of nitrogens with zero attached hydrogens (tertiary/aromatic N) is 1. The molecular weight excluding hydrogens is 295 g/mol. The number of alkyl halides is 1. The Balaban J connectivity index is 4.07. The van der Waals surface area contributed by atoms with Gasteiger partial charge in [-0.25, -0.2) is 0 Å². The van der Waals surface area contributed by atoms with Crippen LogP contribution in [0, 0.1) is 0 Å². The first-order valence-corrected chi connectivity index (χ1v) is 11.0. The molecule has 0 saturated carbocycles. The fraction of sp³-hybridized carbons (Fsp3) is 1.00. The first-order valence-electron chi connectivity index (χ1n) is 1.98. The van der Waals surface area contributed by atoms with Crippen LogP contribution >= 0.6 is 67.0 Å². The van der Waals surface area contributed by atoms with Gasteiger partial charge in [0.25, 0.3) is 0 Å². The van der Waals surface area contributed by atoms with E-state index in [-0.39, 0.29) is 6.00 Å². The van der Waals surface area contributed by atoms with Gasteiger partial charge in [-0.2, -0.15) is 0 Å². The third-order valence-corrected chi connectivity index (χ3v) is 9.47. The molecule has 0 aromatic heterocycles. The van der Waals surface area contributed by atoms with Crippen molar-refractivity contribution in [2.24, 2.45) is 0 Å². The highest BCUT2D eigenvalue weighted by molar-refractivity contribution is 7.66. The molecule has 0 heterocycles. The molecule has 0 spiro atoms. The van der Waals surface area contributed by atoms with E-state index in [1.807, 2.05) is 0 Å². The summed E-state index contributed by atoms with van der Waals surface area (Å²) in [5.74, 6) is 0. The fourth-order valence-corrected chi connectivity index (χ4v) is 10.8. The predicted octanol–water partition coefficient (Wildman–Crippen LogP) is 3.10. The van der Waals surface area contributed by atoms with E-state index in [0.717, 1.165) is 0 Å². The Morgan fingerprint density at radius 3 is 1.60 bits per heavy atom. The molecule has 1 nitrogen and oxygen atoms in total. The minimum atomic E-state index is -2.95. The summed E-state index contributed by atoms with van der Waals surface area (Å²) in [7, 11) is -1.77. The summed E-state index contributed by atoms with van der Waals surface area (Å²) >= 11 is 33.1. The Hall–Kier alpha value is 2.13. The third-order valence-electron chi connectivity index (χ3n) is 0.630. The average molecular weight is 297 g/mol. The molecule has 10 heavy (non-hydrogen) atoms. The van der Waals surface area contributed by atoms with Gasteiger partial charge in [-0.05, 0) is 0 Å². The molecule has 0 fully saturated rings. The van der Waals surface area contributed by atoms with Crippen LogP contribution in [0.4, 0.5) is 0 Å². The van der Waals surface area contributed by atoms with Crippen LogP contribution in [-0.2, 0) is 0 Å². The fourth-order valence-electron chi connectivity index (χ4n) is 0.209. The Morgan fingerprint density at radius 1 is 1.20 bits per heavy atom. The van der Waals surface area contributed by atoms with E-state index in [1.165, 1.54) is 4.23 Å². The second-order valence-electron chi connectivity index (χ2n) is 1.26. The van der Waals surface area contributed by atoms with Gasteiger partial charge in [0, 0.05) is 0 Å². The monoisotopic (exact) mass is 294 g/mol. The molecular formula is CH2Cl6NSi2. The zero-order chi connectivity index (χ0) is 8.36. The van der Waals surface area contributed by atoms with Crippen molar-refractivity contribution in [1.29, 1.82) is 0 Å². The normalized spacial score (nSPS) is 13.2. The summed E-state index contributed by atoms with van der Waals surface area (Å²) in [6, 6.07) is 0.0595. The largest absolute Gasteiger partial charge is 0.420 e. The van der Waals surface area contributed by atoms with Crippen molar-refractivity contribution in [3.63, 3.8) is 0 Å². The zero-order valence-corrected chi connectivity index (χ0v) is 11.0. The summed E-state index contributed by atoms with van der Waals surface area (Å²) in [5, 5.41) is 0. The molecule has 0 rings (SSSR count). The lowest BCUT2D eigenvalue weighted by Gasteiger charge is -2.23. The maximum Gasteiger partial charge on any atom is 0.420 e. The molecule has 61 valence electrons. The van der Waals surface area contributed by atoms with E-state index >= 15 is 0 Å². The van der Waals surface area contributed by atoms with Crippen LogP contribution in [0.3, 0.4) is 0 Å². The van der Waals surface area contributed by atoms with Gasteiger partial charge in [-0.1, -0.05) is 0 Å². The highest BCUT2D eigenvalue weighted by atomic mass is 35.8. The average Bonchev–Trinajstić information content (AvgIpc) is 1.60. The second kappa shape index (κ2) is 4.99. The maximum atomic E-state index is 5.56. The molecule has 0 amide bonds. The molecule has 9 heteroatoms. The Labute approximate surface area is 90.4 Å². The van der Waals surface area contributed by atoms with Gasteiger partial charge in [0.2, 0.25) is 0 Å². The van der Waals surface area contributed by atoms with Crippen LogP contribution in [0.2, 0.25) is 0 Å². The molecule has 1 radical (unpaired) electrons. The molecule has 0 atom stereocenters. The number of hydrogen-bond donors (Lipinski definition) is 0. The lowest BCUT2D eigenvalue weighted by atomic mass is 11.5. The first-order chi connectivity index (χ1) is 4.39. The van der Waals surface area contributed by atoms with E-state index in [9.17, 15) is 0 Å². The van der Waals surface area contributed by atoms with Crippen LogP contribution in [0.1, 0.15) is 0 Å². The molecule has 0 aliphatic heterocycles. The van der Waals surface area contributed by atoms with Gasteiger partial charge in [-0.15, -0.1) is 67.0 Å². The van der Waals surface area contributed by atoms with E-state index in [2.05, 4.69) is 0 Å². The van der Waals surface area contributed by atoms with Crippen molar-refractivity contribution in [2.45, 2.75) is 0 Å². The molecule has 0 aromatic rings. The molecule has 0 saturated heterocycles. The van der Waals surface area contributed by atoms with Crippen molar-refractivity contribution < 1.29 is 0 Å². The second-order valence-corrected chi connectivity index (χ2v) is 13.8. The van der Waals surface area contributed by atoms with Gasteiger partial charge in [0.1, 0.15) is 0 Å². The molecule has 0 aliphatic carbocycles. The number of rotatable bonds is 3. The van der Waals surface area contributed by atoms with Gasteiger partial charge < -0.3 is 0 Å². The molecule has 0 N–H and O–H groups in total. The van der Waals surface area contributed by atoms with Crippen molar-refractivity contribution in [2.75, 3.05) is 6.00 Å². The van der Waals surface area contributed by atoms with Crippen molar-refractivity contribution in [3.05, 3.63) is 0 Å². The zero-order valence-electron chi connectivity index (χ0n) is 4.42. The van der Waals surface area contributed by atoms with E-state index in [4.69, 9.17) is 67.0 Å². The molecule has 0 bridgehead atoms. The SMILES string of the molecule is ClCN([Si](Cl)Cl)[Si](Cl)(Cl)Cl. The third kappa shape index (κ3) is 4.23. The highest BCUT2D eigenvalue weighted by Crippen LogP contribution is 2.28. The standard InChI is InChI=1S/CH2Cl6NSi2/c2-1-8(9(3)4)10(5,6)7/h1H2. The summed E-state index contributed by atoms with van der Waals surface area (Å²) in [5.41, 5.74) is 0. The summed E-state index contributed by atoms with van der Waals surface area (Å²) in [4.78, 5) is 0. The van der Waals surface area contributed by atoms with Gasteiger partial charge >= 0.3 is 13.7 Å². The molecule has 0 aliphatic rings. The lowest BCUT2D eigenvalue weighted by Crippen LogP contribution is -2.44. The lowest BCUT2D eigenvalue weighted by molar-refractivity contribution is 0.815. The van der Waals surface area contributed by atoms with E-state index in [0.29, 0.717) is 0 Å². The van der Waals surface area contributed by atoms with Crippen LogP contribution in [0.15, 0.2) is 0 Å². The molecule has 0 unspecified atom stereocenters. The van der Waals surface area contributed by atoms with Crippen molar-refractivity contribution in [3.8, 4) is 0 Å². The smallest absolute Gasteiger partial charge is 0.271 e. The highest BCUT2D eigenvalue weighted by Gasteiger charge is 2.39. The topological polar surface area (TPSA) is 3.24 Å². The molecule has 0 aromatic carbocycles. The van der Waals surface area contributed by atoms with Gasteiger partial charge in [-0.3, -0.25) is 4.23 Å². The summed E-state index contributed by atoms with van der Waals surface area (Å²) < 4.78 is 1.31. The minimum Gasteiger partial charge on any atom is -0.271 e. The van der Waals surface area contributed by atoms with E-state index < -0.39 is 13.7 Å². The van der Waals surface area contributed by atoms with Crippen LogP contribution in [0.25, 0.3) is 0 Å².